The van der Waals surface area contributed by atoms with Gasteiger partial charge in [-0.05, 0) is 27.7 Å². The van der Waals surface area contributed by atoms with Gasteiger partial charge in [0.2, 0.25) is 0 Å². The van der Waals surface area contributed by atoms with Crippen LogP contribution >= 0.6 is 0 Å². The van der Waals surface area contributed by atoms with E-state index in [2.05, 4.69) is 6.58 Å². The highest BCUT2D eigenvalue weighted by Crippen LogP contribution is 2.24. The molecule has 1 aliphatic rings. The highest BCUT2D eigenvalue weighted by Gasteiger charge is 2.43. The Bertz CT molecular complexity index is 465. The van der Waals surface area contributed by atoms with Crippen LogP contribution in [0.2, 0.25) is 0 Å². The fraction of sp³-hybridized carbons (Fsp3) is 0.643. The van der Waals surface area contributed by atoms with E-state index in [0.717, 1.165) is 4.90 Å². The van der Waals surface area contributed by atoms with E-state index < -0.39 is 35.8 Å². The molecule has 1 N–H and O–H groups in total. The Kier molecular flexibility index (Phi) is 4.98. The minimum atomic E-state index is -1.16. The maximum atomic E-state index is 12.0. The molecule has 0 bridgehead atoms. The maximum Gasteiger partial charge on any atom is 0.411 e. The maximum absolute atomic E-state index is 12.0. The van der Waals surface area contributed by atoms with Gasteiger partial charge >= 0.3 is 18.0 Å². The zero-order chi connectivity index (χ0) is 16.4. The Morgan fingerprint density at radius 2 is 1.86 bits per heavy atom. The second-order valence-corrected chi connectivity index (χ2v) is 6.03. The molecule has 1 fully saturated rings. The number of hydrogen-bond acceptors (Lipinski definition) is 5. The second kappa shape index (κ2) is 6.15. The summed E-state index contributed by atoms with van der Waals surface area (Å²) in [5, 5.41) is 9.18. The van der Waals surface area contributed by atoms with Crippen LogP contribution in [0.4, 0.5) is 4.79 Å². The molecular formula is C14H21NO6. The highest BCUT2D eigenvalue weighted by molar-refractivity contribution is 5.87. The van der Waals surface area contributed by atoms with Crippen LogP contribution in [0.3, 0.4) is 0 Å². The van der Waals surface area contributed by atoms with Crippen molar-refractivity contribution in [2.24, 2.45) is 0 Å². The van der Waals surface area contributed by atoms with Gasteiger partial charge in [-0.15, -0.1) is 0 Å². The Hall–Kier alpha value is -2.05. The number of esters is 1. The molecule has 0 saturated carbocycles. The van der Waals surface area contributed by atoms with Crippen LogP contribution in [0.15, 0.2) is 12.2 Å². The van der Waals surface area contributed by atoms with Crippen molar-refractivity contribution in [1.29, 1.82) is 0 Å². The summed E-state index contributed by atoms with van der Waals surface area (Å²) in [6.45, 7) is 10.0. The van der Waals surface area contributed by atoms with Crippen molar-refractivity contribution in [2.45, 2.75) is 51.9 Å². The number of ether oxygens (including phenoxy) is 2. The molecule has 1 saturated heterocycles. The van der Waals surface area contributed by atoms with Crippen LogP contribution in [0.25, 0.3) is 0 Å². The lowest BCUT2D eigenvalue weighted by Crippen LogP contribution is -2.43. The zero-order valence-corrected chi connectivity index (χ0v) is 12.7. The van der Waals surface area contributed by atoms with Crippen LogP contribution in [-0.4, -0.2) is 52.3 Å². The topological polar surface area (TPSA) is 93.1 Å². The third kappa shape index (κ3) is 4.77. The van der Waals surface area contributed by atoms with E-state index in [1.165, 1.54) is 6.92 Å². The average molecular weight is 299 g/mol. The fourth-order valence-corrected chi connectivity index (χ4v) is 1.89. The van der Waals surface area contributed by atoms with Crippen molar-refractivity contribution in [3.63, 3.8) is 0 Å². The van der Waals surface area contributed by atoms with Gasteiger partial charge in [-0.2, -0.15) is 0 Å². The van der Waals surface area contributed by atoms with Gasteiger partial charge in [0.1, 0.15) is 17.7 Å². The second-order valence-electron chi connectivity index (χ2n) is 6.03. The number of aliphatic carboxylic acids is 1. The first-order chi connectivity index (χ1) is 9.51. The monoisotopic (exact) mass is 299 g/mol. The van der Waals surface area contributed by atoms with Gasteiger partial charge in [-0.1, -0.05) is 6.58 Å². The molecule has 21 heavy (non-hydrogen) atoms. The van der Waals surface area contributed by atoms with Gasteiger partial charge in [-0.3, -0.25) is 4.90 Å². The Balaban J connectivity index is 2.78. The van der Waals surface area contributed by atoms with Crippen LogP contribution < -0.4 is 0 Å². The molecule has 1 heterocycles. The van der Waals surface area contributed by atoms with Gasteiger partial charge in [0.15, 0.2) is 0 Å². The lowest BCUT2D eigenvalue weighted by molar-refractivity contribution is -0.145. The third-order valence-electron chi connectivity index (χ3n) is 2.80. The standard InChI is InChI=1S/C14H21NO6/c1-8(2)12(18)20-9-6-10(11(16)17)15(7-9)13(19)21-14(3,4)5/h9-10H,1,6-7H2,2-5H3,(H,16,17)/t9-,10-/m1/s1. The number of carbonyl (C=O) groups is 3. The number of nitrogens with zero attached hydrogens (tertiary/aromatic N) is 1. The predicted octanol–water partition coefficient (Wildman–Crippen LogP) is 1.57. The Morgan fingerprint density at radius 1 is 1.29 bits per heavy atom. The molecule has 0 aliphatic carbocycles. The normalized spacial score (nSPS) is 21.8. The van der Waals surface area contributed by atoms with Crippen LogP contribution in [0.1, 0.15) is 34.1 Å². The molecule has 1 aliphatic heterocycles. The van der Waals surface area contributed by atoms with E-state index in [1.54, 1.807) is 20.8 Å². The van der Waals surface area contributed by atoms with E-state index in [9.17, 15) is 19.5 Å². The van der Waals surface area contributed by atoms with Gasteiger partial charge in [0.25, 0.3) is 0 Å². The lowest BCUT2D eigenvalue weighted by atomic mass is 10.2. The summed E-state index contributed by atoms with van der Waals surface area (Å²) in [6, 6.07) is -1.07. The Morgan fingerprint density at radius 3 is 2.29 bits per heavy atom. The van der Waals surface area contributed by atoms with E-state index >= 15 is 0 Å². The van der Waals surface area contributed by atoms with Crippen LogP contribution in [0.5, 0.6) is 0 Å². The van der Waals surface area contributed by atoms with E-state index in [0.29, 0.717) is 0 Å². The number of amides is 1. The molecule has 0 spiro atoms. The van der Waals surface area contributed by atoms with Crippen LogP contribution in [-0.2, 0) is 19.1 Å². The van der Waals surface area contributed by atoms with Crippen LogP contribution in [0, 0.1) is 0 Å². The number of carboxylic acid groups (broad SMARTS) is 1. The molecule has 2 atom stereocenters. The van der Waals surface area contributed by atoms with Gasteiger partial charge in [0.05, 0.1) is 6.54 Å². The number of carbonyl (C=O) groups excluding carboxylic acids is 2. The van der Waals surface area contributed by atoms with Crippen molar-refractivity contribution in [3.05, 3.63) is 12.2 Å². The molecule has 118 valence electrons. The lowest BCUT2D eigenvalue weighted by Gasteiger charge is -2.26. The van der Waals surface area contributed by atoms with E-state index in [-0.39, 0.29) is 18.5 Å². The van der Waals surface area contributed by atoms with Crippen molar-refractivity contribution in [1.82, 2.24) is 4.90 Å². The summed E-state index contributed by atoms with van der Waals surface area (Å²) >= 11 is 0. The number of hydrogen-bond donors (Lipinski definition) is 1. The molecule has 0 aromatic carbocycles. The van der Waals surface area contributed by atoms with Crippen molar-refractivity contribution >= 4 is 18.0 Å². The van der Waals surface area contributed by atoms with Gasteiger partial charge < -0.3 is 14.6 Å². The molecule has 7 heteroatoms. The number of carboxylic acids is 1. The van der Waals surface area contributed by atoms with Crippen molar-refractivity contribution in [2.75, 3.05) is 6.54 Å². The van der Waals surface area contributed by atoms with Crippen molar-refractivity contribution in [3.8, 4) is 0 Å². The molecular weight excluding hydrogens is 278 g/mol. The van der Waals surface area contributed by atoms with E-state index in [4.69, 9.17) is 9.47 Å². The van der Waals surface area contributed by atoms with E-state index in [1.807, 2.05) is 0 Å². The Labute approximate surface area is 123 Å². The molecule has 0 aromatic rings. The summed E-state index contributed by atoms with van der Waals surface area (Å²) in [4.78, 5) is 35.8. The minimum absolute atomic E-state index is 0.00903. The molecule has 1 rings (SSSR count). The molecule has 7 nitrogen and oxygen atoms in total. The van der Waals surface area contributed by atoms with Gasteiger partial charge in [0, 0.05) is 12.0 Å². The average Bonchev–Trinajstić information content (AvgIpc) is 2.70. The fourth-order valence-electron chi connectivity index (χ4n) is 1.89. The SMILES string of the molecule is C=C(C)C(=O)O[C@@H]1C[C@H](C(=O)O)N(C(=O)OC(C)(C)C)C1. The first-order valence-corrected chi connectivity index (χ1v) is 6.60. The zero-order valence-electron chi connectivity index (χ0n) is 12.7. The molecule has 0 unspecified atom stereocenters. The third-order valence-corrected chi connectivity index (χ3v) is 2.80. The predicted molar refractivity (Wildman–Crippen MR) is 73.7 cm³/mol. The number of rotatable bonds is 3. The largest absolute Gasteiger partial charge is 0.480 e. The summed E-state index contributed by atoms with van der Waals surface area (Å²) in [6.07, 6.45) is -1.38. The first-order valence-electron chi connectivity index (χ1n) is 6.60. The quantitative estimate of drug-likeness (QED) is 0.628. The minimum Gasteiger partial charge on any atom is -0.480 e. The first kappa shape index (κ1) is 17.0. The molecule has 0 aromatic heterocycles. The van der Waals surface area contributed by atoms with Gasteiger partial charge in [-0.25, -0.2) is 14.4 Å². The van der Waals surface area contributed by atoms with Crippen molar-refractivity contribution < 1.29 is 29.0 Å². The molecule has 1 amide bonds. The smallest absolute Gasteiger partial charge is 0.411 e. The number of likely N-dealkylation sites (tertiary alicyclic amines) is 1. The highest BCUT2D eigenvalue weighted by atomic mass is 16.6. The molecule has 0 radical (unpaired) electrons. The summed E-state index contributed by atoms with van der Waals surface area (Å²) in [5.41, 5.74) is -0.510. The summed E-state index contributed by atoms with van der Waals surface area (Å²) < 4.78 is 10.3. The summed E-state index contributed by atoms with van der Waals surface area (Å²) in [7, 11) is 0. The summed E-state index contributed by atoms with van der Waals surface area (Å²) in [5.74, 6) is -1.76.